The van der Waals surface area contributed by atoms with E-state index in [0.717, 1.165) is 0 Å². The Kier molecular flexibility index (Phi) is 5.63. The number of halogens is 1. The fraction of sp³-hybridized carbons (Fsp3) is 0.385. The molecule has 0 bridgehead atoms. The average Bonchev–Trinajstić information content (AvgIpc) is 2.37. The first kappa shape index (κ1) is 15.3. The molecule has 3 N–H and O–H groups in total. The van der Waals surface area contributed by atoms with Crippen LogP contribution < -0.4 is 10.6 Å². The van der Waals surface area contributed by atoms with Crippen molar-refractivity contribution < 1.29 is 14.7 Å². The number of carboxylic acids is 1. The summed E-state index contributed by atoms with van der Waals surface area (Å²) in [4.78, 5) is 22.8. The van der Waals surface area contributed by atoms with E-state index in [2.05, 4.69) is 10.6 Å². The summed E-state index contributed by atoms with van der Waals surface area (Å²) in [6.45, 7) is 3.65. The molecule has 1 rings (SSSR count). The van der Waals surface area contributed by atoms with E-state index in [1.54, 1.807) is 31.2 Å². The molecule has 5 nitrogen and oxygen atoms in total. The second kappa shape index (κ2) is 6.99. The fourth-order valence-corrected chi connectivity index (χ4v) is 1.65. The van der Waals surface area contributed by atoms with Gasteiger partial charge in [0.05, 0.1) is 0 Å². The van der Waals surface area contributed by atoms with Crippen LogP contribution in [0.1, 0.15) is 20.3 Å². The third-order valence-corrected chi connectivity index (χ3v) is 3.12. The standard InChI is InChI=1S/C13H17ClN2O3/c1-3-8(2)11(12(17)18)16-13(19)15-10-6-4-9(14)5-7-10/h4-8,11H,3H2,1-2H3,(H,17,18)(H2,15,16,19)/t8-,11+/m1/s1. The Morgan fingerprint density at radius 1 is 1.32 bits per heavy atom. The lowest BCUT2D eigenvalue weighted by molar-refractivity contribution is -0.140. The van der Waals surface area contributed by atoms with Gasteiger partial charge in [0, 0.05) is 10.7 Å². The molecule has 0 saturated carbocycles. The number of urea groups is 1. The number of aliphatic carboxylic acids is 1. The number of carbonyl (C=O) groups is 2. The third kappa shape index (κ3) is 4.79. The number of carbonyl (C=O) groups excluding carboxylic acids is 1. The normalized spacial score (nSPS) is 13.4. The first-order chi connectivity index (χ1) is 8.93. The number of anilines is 1. The fourth-order valence-electron chi connectivity index (χ4n) is 1.52. The van der Waals surface area contributed by atoms with Gasteiger partial charge in [0.25, 0.3) is 0 Å². The molecule has 0 spiro atoms. The predicted molar refractivity (Wildman–Crippen MR) is 74.5 cm³/mol. The third-order valence-electron chi connectivity index (χ3n) is 2.87. The lowest BCUT2D eigenvalue weighted by Crippen LogP contribution is -2.46. The SMILES string of the molecule is CC[C@@H](C)[C@H](NC(=O)Nc1ccc(Cl)cc1)C(=O)O. The Morgan fingerprint density at radius 2 is 1.89 bits per heavy atom. The van der Waals surface area contributed by atoms with E-state index in [-0.39, 0.29) is 5.92 Å². The molecule has 1 aromatic rings. The van der Waals surface area contributed by atoms with Crippen molar-refractivity contribution in [2.24, 2.45) is 5.92 Å². The van der Waals surface area contributed by atoms with Crippen LogP contribution in [0.15, 0.2) is 24.3 Å². The van der Waals surface area contributed by atoms with E-state index < -0.39 is 18.0 Å². The molecule has 0 unspecified atom stereocenters. The van der Waals surface area contributed by atoms with Crippen LogP contribution in [0.2, 0.25) is 5.02 Å². The highest BCUT2D eigenvalue weighted by Crippen LogP contribution is 2.13. The van der Waals surface area contributed by atoms with Crippen LogP contribution in [0.5, 0.6) is 0 Å². The molecule has 2 atom stereocenters. The van der Waals surface area contributed by atoms with E-state index in [4.69, 9.17) is 16.7 Å². The molecular weight excluding hydrogens is 268 g/mol. The van der Waals surface area contributed by atoms with Gasteiger partial charge in [0.1, 0.15) is 6.04 Å². The largest absolute Gasteiger partial charge is 0.480 e. The van der Waals surface area contributed by atoms with Gasteiger partial charge in [-0.25, -0.2) is 9.59 Å². The van der Waals surface area contributed by atoms with E-state index in [1.165, 1.54) is 0 Å². The Balaban J connectivity index is 2.62. The van der Waals surface area contributed by atoms with Crippen LogP contribution in [0, 0.1) is 5.92 Å². The van der Waals surface area contributed by atoms with Crippen molar-refractivity contribution in [2.75, 3.05) is 5.32 Å². The van der Waals surface area contributed by atoms with E-state index in [9.17, 15) is 9.59 Å². The zero-order valence-electron chi connectivity index (χ0n) is 10.8. The van der Waals surface area contributed by atoms with Crippen LogP contribution in [0.4, 0.5) is 10.5 Å². The Hall–Kier alpha value is -1.75. The summed E-state index contributed by atoms with van der Waals surface area (Å²) in [7, 11) is 0. The van der Waals surface area contributed by atoms with Gasteiger partial charge in [-0.15, -0.1) is 0 Å². The molecule has 0 fully saturated rings. The molecule has 19 heavy (non-hydrogen) atoms. The molecule has 1 aromatic carbocycles. The molecule has 0 saturated heterocycles. The summed E-state index contributed by atoms with van der Waals surface area (Å²) in [6.07, 6.45) is 0.665. The first-order valence-corrected chi connectivity index (χ1v) is 6.37. The topological polar surface area (TPSA) is 78.4 Å². The van der Waals surface area contributed by atoms with Gasteiger partial charge < -0.3 is 15.7 Å². The maximum atomic E-state index is 11.7. The summed E-state index contributed by atoms with van der Waals surface area (Å²) in [5.74, 6) is -1.19. The minimum absolute atomic E-state index is 0.145. The van der Waals surface area contributed by atoms with Crippen molar-refractivity contribution in [3.8, 4) is 0 Å². The molecule has 0 aromatic heterocycles. The number of hydrogen-bond donors (Lipinski definition) is 3. The van der Waals surface area contributed by atoms with Gasteiger partial charge in [-0.05, 0) is 30.2 Å². The zero-order chi connectivity index (χ0) is 14.4. The Morgan fingerprint density at radius 3 is 2.37 bits per heavy atom. The molecule has 0 radical (unpaired) electrons. The van der Waals surface area contributed by atoms with Gasteiger partial charge in [-0.2, -0.15) is 0 Å². The van der Waals surface area contributed by atoms with Gasteiger partial charge in [-0.3, -0.25) is 0 Å². The predicted octanol–water partition coefficient (Wildman–Crippen LogP) is 2.96. The van der Waals surface area contributed by atoms with E-state index in [1.807, 2.05) is 6.92 Å². The van der Waals surface area contributed by atoms with Crippen molar-refractivity contribution in [1.29, 1.82) is 0 Å². The first-order valence-electron chi connectivity index (χ1n) is 6.00. The highest BCUT2D eigenvalue weighted by atomic mass is 35.5. The van der Waals surface area contributed by atoms with Gasteiger partial charge in [0.15, 0.2) is 0 Å². The smallest absolute Gasteiger partial charge is 0.326 e. The van der Waals surface area contributed by atoms with Crippen LogP contribution in [0.3, 0.4) is 0 Å². The number of rotatable bonds is 5. The quantitative estimate of drug-likeness (QED) is 0.778. The monoisotopic (exact) mass is 284 g/mol. The number of hydrogen-bond acceptors (Lipinski definition) is 2. The molecule has 0 heterocycles. The minimum atomic E-state index is -1.04. The molecule has 2 amide bonds. The highest BCUT2D eigenvalue weighted by molar-refractivity contribution is 6.30. The summed E-state index contributed by atoms with van der Waals surface area (Å²) < 4.78 is 0. The summed E-state index contributed by atoms with van der Waals surface area (Å²) in [5, 5.41) is 14.6. The van der Waals surface area contributed by atoms with E-state index >= 15 is 0 Å². The molecule has 6 heteroatoms. The number of amides is 2. The van der Waals surface area contributed by atoms with Crippen LogP contribution in [-0.2, 0) is 4.79 Å². The van der Waals surface area contributed by atoms with Gasteiger partial charge >= 0.3 is 12.0 Å². The Labute approximate surface area is 117 Å². The molecular formula is C13H17ClN2O3. The van der Waals surface area contributed by atoms with Crippen LogP contribution in [-0.4, -0.2) is 23.1 Å². The summed E-state index contributed by atoms with van der Waals surface area (Å²) in [6, 6.07) is 5.11. The van der Waals surface area contributed by atoms with Crippen molar-refractivity contribution in [3.05, 3.63) is 29.3 Å². The van der Waals surface area contributed by atoms with Crippen LogP contribution in [0.25, 0.3) is 0 Å². The van der Waals surface area contributed by atoms with Crippen molar-refractivity contribution >= 4 is 29.3 Å². The number of carboxylic acid groups (broad SMARTS) is 1. The van der Waals surface area contributed by atoms with Crippen LogP contribution >= 0.6 is 11.6 Å². The molecule has 0 aliphatic heterocycles. The number of benzene rings is 1. The van der Waals surface area contributed by atoms with Crippen molar-refractivity contribution in [2.45, 2.75) is 26.3 Å². The highest BCUT2D eigenvalue weighted by Gasteiger charge is 2.25. The van der Waals surface area contributed by atoms with Crippen molar-refractivity contribution in [1.82, 2.24) is 5.32 Å². The molecule has 104 valence electrons. The molecule has 0 aliphatic carbocycles. The summed E-state index contributed by atoms with van der Waals surface area (Å²) >= 11 is 5.73. The molecule has 0 aliphatic rings. The van der Waals surface area contributed by atoms with E-state index in [0.29, 0.717) is 17.1 Å². The minimum Gasteiger partial charge on any atom is -0.480 e. The number of nitrogens with one attached hydrogen (secondary N) is 2. The Bertz CT molecular complexity index is 448. The lowest BCUT2D eigenvalue weighted by Gasteiger charge is -2.20. The maximum absolute atomic E-state index is 11.7. The average molecular weight is 285 g/mol. The van der Waals surface area contributed by atoms with Gasteiger partial charge in [0.2, 0.25) is 0 Å². The van der Waals surface area contributed by atoms with Crippen molar-refractivity contribution in [3.63, 3.8) is 0 Å². The van der Waals surface area contributed by atoms with Gasteiger partial charge in [-0.1, -0.05) is 31.9 Å². The summed E-state index contributed by atoms with van der Waals surface area (Å²) in [5.41, 5.74) is 0.551. The maximum Gasteiger partial charge on any atom is 0.326 e. The second-order valence-corrected chi connectivity index (χ2v) is 4.74. The lowest BCUT2D eigenvalue weighted by atomic mass is 9.99. The zero-order valence-corrected chi connectivity index (χ0v) is 11.6. The second-order valence-electron chi connectivity index (χ2n) is 4.31.